The highest BCUT2D eigenvalue weighted by Crippen LogP contribution is 2.47. The Bertz CT molecular complexity index is 7560. The molecule has 0 amide bonds. The highest BCUT2D eigenvalue weighted by Gasteiger charge is 2.23. The molecular weight excluding hydrogens is 1590 g/mol. The lowest BCUT2D eigenvalue weighted by Gasteiger charge is -2.28. The van der Waals surface area contributed by atoms with E-state index in [1.54, 1.807) is 0 Å². The van der Waals surface area contributed by atoms with E-state index >= 15 is 0 Å². The second-order valence-electron chi connectivity index (χ2n) is 33.0. The highest BCUT2D eigenvalue weighted by molar-refractivity contribution is 6.13. The first-order chi connectivity index (χ1) is 64.7. The van der Waals surface area contributed by atoms with Crippen molar-refractivity contribution in [1.29, 1.82) is 0 Å². The largest absolute Gasteiger partial charge is 0.345 e. The molecule has 0 aliphatic rings. The highest BCUT2D eigenvalue weighted by atomic mass is 15.2. The normalized spacial score (nSPS) is 11.0. The van der Waals surface area contributed by atoms with Crippen molar-refractivity contribution in [2.24, 2.45) is 0 Å². The third kappa shape index (κ3) is 17.7. The molecule has 0 heterocycles. The smallest absolute Gasteiger partial charge is 0.0567 e. The van der Waals surface area contributed by atoms with Crippen molar-refractivity contribution in [1.82, 2.24) is 0 Å². The third-order valence-corrected chi connectivity index (χ3v) is 25.0. The fourth-order valence-corrected chi connectivity index (χ4v) is 18.1. The Labute approximate surface area is 767 Å². The number of nitrogens with zero attached hydrogens (tertiary/aromatic N) is 6. The van der Waals surface area contributed by atoms with Gasteiger partial charge in [0.2, 0.25) is 0 Å². The molecule has 6 nitrogen and oxygen atoms in total. The summed E-state index contributed by atoms with van der Waals surface area (Å²) in [5.41, 5.74) is 29.2. The number of rotatable bonds is 20. The summed E-state index contributed by atoms with van der Waals surface area (Å²) >= 11 is 0. The van der Waals surface area contributed by atoms with Crippen LogP contribution in [0.25, 0.3) is 109 Å². The Morgan fingerprint density at radius 1 is 0.122 bits per heavy atom. The summed E-state index contributed by atoms with van der Waals surface area (Å²) in [7, 11) is 6.43. The Morgan fingerprint density at radius 3 is 0.626 bits per heavy atom. The number of hydrogen-bond donors (Lipinski definition) is 0. The van der Waals surface area contributed by atoms with Gasteiger partial charge in [-0.1, -0.05) is 370 Å². The van der Waals surface area contributed by atoms with E-state index in [1.807, 2.05) is 0 Å². The zero-order valence-corrected chi connectivity index (χ0v) is 73.4. The van der Waals surface area contributed by atoms with E-state index < -0.39 is 0 Å². The van der Waals surface area contributed by atoms with Gasteiger partial charge in [-0.05, 0) is 240 Å². The van der Waals surface area contributed by atoms with Gasteiger partial charge in [0.1, 0.15) is 0 Å². The molecule has 0 bridgehead atoms. The van der Waals surface area contributed by atoms with Crippen LogP contribution in [-0.2, 0) is 0 Å². The van der Waals surface area contributed by atoms with Gasteiger partial charge in [-0.3, -0.25) is 0 Å². The van der Waals surface area contributed by atoms with Gasteiger partial charge in [-0.25, -0.2) is 0 Å². The van der Waals surface area contributed by atoms with Crippen LogP contribution in [-0.4, -0.2) is 21.1 Å². The molecule has 0 spiro atoms. The Balaban J connectivity index is 0.000000123. The lowest BCUT2D eigenvalue weighted by molar-refractivity contribution is 1.20. The van der Waals surface area contributed by atoms with E-state index in [2.05, 4.69) is 578 Å². The molecule has 0 atom stereocenters. The topological polar surface area (TPSA) is 19.4 Å². The minimum atomic E-state index is 1.11. The number of anilines is 15. The minimum absolute atomic E-state index is 1.11. The maximum atomic E-state index is 2.37. The van der Waals surface area contributed by atoms with Crippen LogP contribution in [0, 0.1) is 0 Å². The Kier molecular flexibility index (Phi) is 23.9. The zero-order chi connectivity index (χ0) is 88.2. The van der Waals surface area contributed by atoms with Gasteiger partial charge in [0.05, 0.1) is 22.7 Å². The van der Waals surface area contributed by atoms with E-state index in [1.165, 1.54) is 115 Å². The summed E-state index contributed by atoms with van der Waals surface area (Å²) in [6.07, 6.45) is 0. The van der Waals surface area contributed by atoms with Crippen molar-refractivity contribution in [2.75, 3.05) is 50.5 Å². The van der Waals surface area contributed by atoms with Crippen LogP contribution < -0.4 is 29.4 Å². The summed E-state index contributed by atoms with van der Waals surface area (Å²) in [6, 6.07) is 188. The molecule has 22 rings (SSSR count). The van der Waals surface area contributed by atoms with E-state index in [0.717, 1.165) is 79.6 Å². The summed E-state index contributed by atoms with van der Waals surface area (Å²) < 4.78 is 0. The molecule has 0 aliphatic heterocycles. The summed E-state index contributed by atoms with van der Waals surface area (Å²) in [5, 5.41) is 12.3. The van der Waals surface area contributed by atoms with Crippen LogP contribution >= 0.6 is 0 Å². The summed E-state index contributed by atoms with van der Waals surface area (Å²) in [4.78, 5) is 13.9. The quantitative estimate of drug-likeness (QED) is 0.0704. The number of fused-ring (bicyclic) bond motifs is 5. The summed E-state index contributed by atoms with van der Waals surface area (Å²) in [6.45, 7) is 0. The van der Waals surface area contributed by atoms with Crippen molar-refractivity contribution < 1.29 is 0 Å². The monoisotopic (exact) mass is 1680 g/mol. The number of benzene rings is 22. The standard InChI is InChI=1S/C43H32N2.2C41H32N2/c1-44(43-40-19-9-6-15-34(40)30-35-16-7-10-20-41(35)43)36-26-28-38(29-27-36)45(42-21-11-17-33-14-5-8-18-39(33)42)37-24-22-32(23-25-37)31-12-3-2-4-13-31;1-42(39-19-10-18-35(30-39)32-14-6-3-7-15-32)36-26-28-38(29-27-36)43(41-21-11-17-34-16-8-9-20-40(34)41)37-24-22-33(23-25-37)31-12-4-2-5-13-31;1-42(36-23-19-33(20-24-36)31-11-4-2-5-12-31)37-27-29-39(30-28-37)43(41-18-10-16-35-15-8-9-17-40(35)41)38-25-21-34(22-26-38)32-13-6-3-7-14-32/h2-30H,1H3;2*2-30H,1H3. The maximum absolute atomic E-state index is 2.37. The van der Waals surface area contributed by atoms with Crippen LogP contribution in [0.4, 0.5) is 85.3 Å². The van der Waals surface area contributed by atoms with E-state index in [9.17, 15) is 0 Å². The van der Waals surface area contributed by atoms with Crippen LogP contribution in [0.1, 0.15) is 0 Å². The van der Waals surface area contributed by atoms with Crippen LogP contribution in [0.15, 0.2) is 528 Å². The van der Waals surface area contributed by atoms with Crippen molar-refractivity contribution in [3.05, 3.63) is 528 Å². The van der Waals surface area contributed by atoms with Gasteiger partial charge in [0.25, 0.3) is 0 Å². The molecule has 22 aromatic rings. The van der Waals surface area contributed by atoms with Gasteiger partial charge < -0.3 is 29.4 Å². The van der Waals surface area contributed by atoms with Gasteiger partial charge in [-0.2, -0.15) is 0 Å². The lowest BCUT2D eigenvalue weighted by Crippen LogP contribution is -2.13. The average Bonchev–Trinajstić information content (AvgIpc) is 0.763. The molecule has 626 valence electrons. The van der Waals surface area contributed by atoms with Crippen molar-refractivity contribution in [3.8, 4) is 55.6 Å². The Hall–Kier alpha value is -17.1. The Morgan fingerprint density at radius 2 is 0.321 bits per heavy atom. The third-order valence-electron chi connectivity index (χ3n) is 25.0. The van der Waals surface area contributed by atoms with E-state index in [0.29, 0.717) is 0 Å². The first kappa shape index (κ1) is 82.2. The van der Waals surface area contributed by atoms with Crippen molar-refractivity contribution >= 4 is 139 Å². The van der Waals surface area contributed by atoms with Gasteiger partial charge >= 0.3 is 0 Å². The summed E-state index contributed by atoms with van der Waals surface area (Å²) in [5.74, 6) is 0. The molecule has 0 N–H and O–H groups in total. The van der Waals surface area contributed by atoms with Crippen LogP contribution in [0.2, 0.25) is 0 Å². The molecule has 0 radical (unpaired) electrons. The lowest BCUT2D eigenvalue weighted by atomic mass is 10.00. The van der Waals surface area contributed by atoms with Gasteiger partial charge in [-0.15, -0.1) is 0 Å². The molecule has 22 aromatic carbocycles. The fourth-order valence-electron chi connectivity index (χ4n) is 18.1. The predicted octanol–water partition coefficient (Wildman–Crippen LogP) is 34.9. The average molecular weight is 1680 g/mol. The number of hydrogen-bond acceptors (Lipinski definition) is 6. The second kappa shape index (κ2) is 38.0. The molecule has 0 saturated carbocycles. The molecular formula is C125H96N6. The maximum Gasteiger partial charge on any atom is 0.0567 e. The van der Waals surface area contributed by atoms with E-state index in [4.69, 9.17) is 0 Å². The minimum Gasteiger partial charge on any atom is -0.345 e. The first-order valence-electron chi connectivity index (χ1n) is 44.8. The zero-order valence-electron chi connectivity index (χ0n) is 73.4. The molecule has 0 aliphatic carbocycles. The molecule has 6 heteroatoms. The molecule has 131 heavy (non-hydrogen) atoms. The first-order valence-corrected chi connectivity index (χ1v) is 44.8. The SMILES string of the molecule is CN(c1ccc(-c2ccccc2)cc1)c1ccc(N(c2ccc(-c3ccccc3)cc2)c2cccc3ccccc23)cc1.CN(c1ccc(N(c2ccc(-c3ccccc3)cc2)c2cccc3ccccc23)cc1)c1c2ccccc2cc2ccccc12.CN(c1ccc(N(c2ccc(-c3ccccc3)cc2)c2cccc3ccccc23)cc1)c1cccc(-c2ccccc2)c1. The predicted molar refractivity (Wildman–Crippen MR) is 562 cm³/mol. The van der Waals surface area contributed by atoms with Crippen LogP contribution in [0.3, 0.4) is 0 Å². The van der Waals surface area contributed by atoms with Gasteiger partial charge in [0, 0.05) is 111 Å². The van der Waals surface area contributed by atoms with E-state index in [-0.39, 0.29) is 0 Å². The molecule has 0 unspecified atom stereocenters. The molecule has 0 saturated heterocycles. The van der Waals surface area contributed by atoms with Crippen molar-refractivity contribution in [3.63, 3.8) is 0 Å². The van der Waals surface area contributed by atoms with Crippen molar-refractivity contribution in [2.45, 2.75) is 0 Å². The molecule has 0 aromatic heterocycles. The molecule has 0 fully saturated rings. The van der Waals surface area contributed by atoms with Crippen LogP contribution in [0.5, 0.6) is 0 Å². The van der Waals surface area contributed by atoms with Gasteiger partial charge in [0.15, 0.2) is 0 Å². The second-order valence-corrected chi connectivity index (χ2v) is 33.0. The fraction of sp³-hybridized carbons (Fsp3) is 0.0240.